The molecule has 0 N–H and O–H groups in total. The van der Waals surface area contributed by atoms with E-state index >= 15 is 0 Å². The van der Waals surface area contributed by atoms with Crippen molar-refractivity contribution in [3.63, 3.8) is 0 Å². The fourth-order valence-corrected chi connectivity index (χ4v) is 3.20. The van der Waals surface area contributed by atoms with Crippen LogP contribution in [0, 0.1) is 13.8 Å². The van der Waals surface area contributed by atoms with Crippen molar-refractivity contribution >= 4 is 12.0 Å². The molecule has 152 valence electrons. The zero-order valence-corrected chi connectivity index (χ0v) is 17.7. The van der Waals surface area contributed by atoms with Crippen molar-refractivity contribution in [2.45, 2.75) is 46.8 Å². The Kier molecular flexibility index (Phi) is 6.26. The molecule has 0 saturated heterocycles. The molecule has 3 aromatic rings. The molecular weight excluding hydrogens is 364 g/mol. The lowest BCUT2D eigenvalue weighted by molar-refractivity contribution is 0.0683. The van der Waals surface area contributed by atoms with Gasteiger partial charge < -0.3 is 4.90 Å². The molecule has 0 saturated carbocycles. The van der Waals surface area contributed by atoms with E-state index in [0.29, 0.717) is 18.8 Å². The van der Waals surface area contributed by atoms with Gasteiger partial charge in [-0.2, -0.15) is 5.10 Å². The highest BCUT2D eigenvalue weighted by atomic mass is 16.2. The van der Waals surface area contributed by atoms with Gasteiger partial charge in [0.05, 0.1) is 18.4 Å². The third-order valence-corrected chi connectivity index (χ3v) is 5.03. The van der Waals surface area contributed by atoms with Crippen molar-refractivity contribution in [1.29, 1.82) is 0 Å². The molecule has 0 aliphatic rings. The maximum absolute atomic E-state index is 13.1. The van der Waals surface area contributed by atoms with Crippen LogP contribution in [-0.2, 0) is 20.1 Å². The number of allylic oxidation sites excluding steroid dienone is 1. The van der Waals surface area contributed by atoms with Crippen LogP contribution >= 0.6 is 0 Å². The quantitative estimate of drug-likeness (QED) is 0.618. The summed E-state index contributed by atoms with van der Waals surface area (Å²) in [6.07, 6.45) is 5.73. The fraction of sp³-hybridized carbons (Fsp3) is 0.364. The van der Waals surface area contributed by atoms with Crippen LogP contribution in [0.4, 0.5) is 0 Å². The van der Waals surface area contributed by atoms with Crippen LogP contribution in [0.25, 0.3) is 6.08 Å². The minimum atomic E-state index is -0.124. The molecule has 0 aliphatic carbocycles. The number of benzene rings is 1. The first-order valence-corrected chi connectivity index (χ1v) is 9.78. The number of hydrogen-bond acceptors (Lipinski definition) is 4. The maximum Gasteiger partial charge on any atom is 0.276 e. The third kappa shape index (κ3) is 4.80. The van der Waals surface area contributed by atoms with E-state index in [4.69, 9.17) is 0 Å². The first-order chi connectivity index (χ1) is 13.9. The Morgan fingerprint density at radius 3 is 2.55 bits per heavy atom. The van der Waals surface area contributed by atoms with E-state index in [-0.39, 0.29) is 11.9 Å². The Bertz CT molecular complexity index is 1000. The van der Waals surface area contributed by atoms with Gasteiger partial charge in [0.2, 0.25) is 0 Å². The minimum Gasteiger partial charge on any atom is -0.330 e. The summed E-state index contributed by atoms with van der Waals surface area (Å²) < 4.78 is 3.52. The number of amides is 1. The molecule has 0 bridgehead atoms. The number of aromatic nitrogens is 5. The lowest BCUT2D eigenvalue weighted by Crippen LogP contribution is -2.37. The summed E-state index contributed by atoms with van der Waals surface area (Å²) in [5.74, 6) is -0.124. The van der Waals surface area contributed by atoms with Crippen molar-refractivity contribution < 1.29 is 4.79 Å². The van der Waals surface area contributed by atoms with E-state index in [0.717, 1.165) is 22.5 Å². The predicted molar refractivity (Wildman–Crippen MR) is 113 cm³/mol. The van der Waals surface area contributed by atoms with Crippen LogP contribution in [0.5, 0.6) is 0 Å². The van der Waals surface area contributed by atoms with Crippen LogP contribution in [0.3, 0.4) is 0 Å². The van der Waals surface area contributed by atoms with Crippen LogP contribution in [0.2, 0.25) is 0 Å². The largest absolute Gasteiger partial charge is 0.330 e. The van der Waals surface area contributed by atoms with E-state index in [9.17, 15) is 4.79 Å². The number of nitrogens with zero attached hydrogens (tertiary/aromatic N) is 6. The van der Waals surface area contributed by atoms with Gasteiger partial charge in [0.15, 0.2) is 5.69 Å². The Morgan fingerprint density at radius 1 is 1.21 bits per heavy atom. The second-order valence-corrected chi connectivity index (χ2v) is 7.44. The zero-order valence-electron chi connectivity index (χ0n) is 17.7. The summed E-state index contributed by atoms with van der Waals surface area (Å²) >= 11 is 0. The molecule has 0 spiro atoms. The molecule has 0 atom stereocenters. The van der Waals surface area contributed by atoms with E-state index in [1.165, 1.54) is 0 Å². The monoisotopic (exact) mass is 392 g/mol. The Hall–Kier alpha value is -3.22. The van der Waals surface area contributed by atoms with Gasteiger partial charge in [-0.1, -0.05) is 47.7 Å². The molecule has 0 radical (unpaired) electrons. The van der Waals surface area contributed by atoms with Gasteiger partial charge in [-0.05, 0) is 33.3 Å². The predicted octanol–water partition coefficient (Wildman–Crippen LogP) is 3.39. The number of aryl methyl sites for hydroxylation is 2. The highest BCUT2D eigenvalue weighted by Crippen LogP contribution is 2.18. The summed E-state index contributed by atoms with van der Waals surface area (Å²) in [4.78, 5) is 14.9. The topological polar surface area (TPSA) is 68.8 Å². The molecule has 0 fully saturated rings. The molecule has 0 unspecified atom stereocenters. The van der Waals surface area contributed by atoms with E-state index in [1.54, 1.807) is 10.9 Å². The standard InChI is InChI=1S/C22H28N6O/c1-16(2)28(14-20-17(3)24-26(5)18(20)4)22(29)21-15-27(25-23-21)13-9-12-19-10-7-6-8-11-19/h6-12,15-16H,13-14H2,1-5H3. The smallest absolute Gasteiger partial charge is 0.276 e. The number of hydrogen-bond donors (Lipinski definition) is 0. The first-order valence-electron chi connectivity index (χ1n) is 9.78. The summed E-state index contributed by atoms with van der Waals surface area (Å²) in [6, 6.07) is 10.1. The first kappa shape index (κ1) is 20.5. The van der Waals surface area contributed by atoms with Crippen molar-refractivity contribution in [1.82, 2.24) is 29.7 Å². The number of carbonyl (C=O) groups excluding carboxylic acids is 1. The second kappa shape index (κ2) is 8.86. The van der Waals surface area contributed by atoms with Gasteiger partial charge in [0.25, 0.3) is 5.91 Å². The lowest BCUT2D eigenvalue weighted by atomic mass is 10.1. The van der Waals surface area contributed by atoms with Crippen molar-refractivity contribution in [3.8, 4) is 0 Å². The van der Waals surface area contributed by atoms with E-state index < -0.39 is 0 Å². The SMILES string of the molecule is Cc1nn(C)c(C)c1CN(C(=O)c1cn(CC=Cc2ccccc2)nn1)C(C)C. The van der Waals surface area contributed by atoms with Crippen LogP contribution in [-0.4, -0.2) is 41.6 Å². The molecule has 2 aromatic heterocycles. The highest BCUT2D eigenvalue weighted by Gasteiger charge is 2.24. The van der Waals surface area contributed by atoms with E-state index in [2.05, 4.69) is 15.4 Å². The summed E-state index contributed by atoms with van der Waals surface area (Å²) in [5.41, 5.74) is 4.56. The number of rotatable bonds is 7. The van der Waals surface area contributed by atoms with Crippen molar-refractivity contribution in [2.24, 2.45) is 7.05 Å². The van der Waals surface area contributed by atoms with Crippen molar-refractivity contribution in [2.75, 3.05) is 0 Å². The number of carbonyl (C=O) groups is 1. The third-order valence-electron chi connectivity index (χ3n) is 5.03. The van der Waals surface area contributed by atoms with Crippen LogP contribution in [0.1, 0.15) is 46.9 Å². The van der Waals surface area contributed by atoms with Gasteiger partial charge in [0.1, 0.15) is 0 Å². The molecule has 1 amide bonds. The maximum atomic E-state index is 13.1. The minimum absolute atomic E-state index is 0.0321. The Balaban J connectivity index is 1.71. The van der Waals surface area contributed by atoms with Gasteiger partial charge in [-0.3, -0.25) is 9.48 Å². The molecule has 0 aliphatic heterocycles. The Morgan fingerprint density at radius 2 is 1.93 bits per heavy atom. The second-order valence-electron chi connectivity index (χ2n) is 7.44. The molecular formula is C22H28N6O. The normalized spacial score (nSPS) is 11.5. The summed E-state index contributed by atoms with van der Waals surface area (Å²) in [7, 11) is 1.92. The Labute approximate surface area is 171 Å². The molecule has 1 aromatic carbocycles. The summed E-state index contributed by atoms with van der Waals surface area (Å²) in [5, 5.41) is 12.7. The molecule has 29 heavy (non-hydrogen) atoms. The molecule has 3 rings (SSSR count). The lowest BCUT2D eigenvalue weighted by Gasteiger charge is -2.26. The average Bonchev–Trinajstić information content (AvgIpc) is 3.25. The molecule has 2 heterocycles. The van der Waals surface area contributed by atoms with Gasteiger partial charge >= 0.3 is 0 Å². The molecule has 7 nitrogen and oxygen atoms in total. The van der Waals surface area contributed by atoms with Gasteiger partial charge in [-0.25, -0.2) is 4.68 Å². The average molecular weight is 393 g/mol. The van der Waals surface area contributed by atoms with Gasteiger partial charge in [0, 0.05) is 30.9 Å². The van der Waals surface area contributed by atoms with Crippen LogP contribution in [0.15, 0.2) is 42.6 Å². The highest BCUT2D eigenvalue weighted by molar-refractivity contribution is 5.92. The molecule has 7 heteroatoms. The summed E-state index contributed by atoms with van der Waals surface area (Å²) in [6.45, 7) is 9.06. The van der Waals surface area contributed by atoms with Crippen molar-refractivity contribution in [3.05, 3.63) is 70.8 Å². The van der Waals surface area contributed by atoms with Gasteiger partial charge in [-0.15, -0.1) is 5.10 Å². The van der Waals surface area contributed by atoms with Crippen LogP contribution < -0.4 is 0 Å². The zero-order chi connectivity index (χ0) is 21.0. The van der Waals surface area contributed by atoms with E-state index in [1.807, 2.05) is 86.8 Å². The fourth-order valence-electron chi connectivity index (χ4n) is 3.20.